The maximum absolute atomic E-state index is 11.3. The zero-order chi connectivity index (χ0) is 11.1. The van der Waals surface area contributed by atoms with Crippen LogP contribution >= 0.6 is 0 Å². The lowest BCUT2D eigenvalue weighted by Gasteiger charge is -2.22. The molecule has 0 saturated heterocycles. The van der Waals surface area contributed by atoms with Gasteiger partial charge in [-0.1, -0.05) is 6.92 Å². The Morgan fingerprint density at radius 3 is 2.73 bits per heavy atom. The number of ketones is 1. The van der Waals surface area contributed by atoms with Crippen LogP contribution in [-0.2, 0) is 14.3 Å². The van der Waals surface area contributed by atoms with Crippen molar-refractivity contribution in [3.63, 3.8) is 0 Å². The molecule has 0 unspecified atom stereocenters. The molecule has 0 bridgehead atoms. The molecule has 1 aliphatic carbocycles. The van der Waals surface area contributed by atoms with Crippen molar-refractivity contribution in [3.8, 4) is 0 Å². The van der Waals surface area contributed by atoms with Gasteiger partial charge in [-0.2, -0.15) is 0 Å². The molecule has 0 aliphatic heterocycles. The zero-order valence-electron chi connectivity index (χ0n) is 9.25. The fourth-order valence-electron chi connectivity index (χ4n) is 1.66. The highest BCUT2D eigenvalue weighted by Crippen LogP contribution is 2.14. The first-order valence-electron chi connectivity index (χ1n) is 5.61. The highest BCUT2D eigenvalue weighted by Gasteiger charge is 2.19. The summed E-state index contributed by atoms with van der Waals surface area (Å²) in [6.45, 7) is 2.76. The Morgan fingerprint density at radius 2 is 2.13 bits per heavy atom. The number of Topliss-reactive ketones (excluding diaryl/α,β-unsaturated/α-hetero) is 1. The smallest absolute Gasteiger partial charge is 0.246 e. The van der Waals surface area contributed by atoms with E-state index in [1.165, 1.54) is 0 Å². The van der Waals surface area contributed by atoms with Gasteiger partial charge in [-0.15, -0.1) is 0 Å². The minimum atomic E-state index is -0.0669. The minimum Gasteiger partial charge on any atom is -0.372 e. The first-order chi connectivity index (χ1) is 7.22. The summed E-state index contributed by atoms with van der Waals surface area (Å²) in [4.78, 5) is 22.3. The maximum Gasteiger partial charge on any atom is 0.246 e. The maximum atomic E-state index is 11.3. The molecule has 1 aliphatic rings. The fraction of sp³-hybridized carbons (Fsp3) is 0.818. The van der Waals surface area contributed by atoms with Crippen molar-refractivity contribution in [1.82, 2.24) is 5.32 Å². The largest absolute Gasteiger partial charge is 0.372 e. The summed E-state index contributed by atoms with van der Waals surface area (Å²) in [6, 6.07) is 0.167. The van der Waals surface area contributed by atoms with E-state index in [1.807, 2.05) is 6.92 Å². The van der Waals surface area contributed by atoms with Gasteiger partial charge in [0, 0.05) is 25.5 Å². The number of hydrogen-bond donors (Lipinski definition) is 1. The molecule has 4 nitrogen and oxygen atoms in total. The van der Waals surface area contributed by atoms with Crippen LogP contribution < -0.4 is 5.32 Å². The van der Waals surface area contributed by atoms with Gasteiger partial charge in [0.1, 0.15) is 12.4 Å². The molecule has 0 atom stereocenters. The van der Waals surface area contributed by atoms with Gasteiger partial charge in [-0.25, -0.2) is 0 Å². The lowest BCUT2D eigenvalue weighted by molar-refractivity contribution is -0.128. The summed E-state index contributed by atoms with van der Waals surface area (Å²) >= 11 is 0. The standard InChI is InChI=1S/C11H19NO3/c1-2-7-15-8-11(14)12-9-3-5-10(13)6-4-9/h9H,2-8H2,1H3,(H,12,14). The summed E-state index contributed by atoms with van der Waals surface area (Å²) in [5.41, 5.74) is 0. The van der Waals surface area contributed by atoms with Crippen molar-refractivity contribution in [3.05, 3.63) is 0 Å². The Morgan fingerprint density at radius 1 is 1.47 bits per heavy atom. The van der Waals surface area contributed by atoms with Crippen LogP contribution in [0.4, 0.5) is 0 Å². The molecular weight excluding hydrogens is 194 g/mol. The Labute approximate surface area is 90.4 Å². The molecule has 86 valence electrons. The second-order valence-electron chi connectivity index (χ2n) is 3.93. The van der Waals surface area contributed by atoms with Crippen molar-refractivity contribution in [2.24, 2.45) is 0 Å². The van der Waals surface area contributed by atoms with E-state index in [9.17, 15) is 9.59 Å². The third-order valence-electron chi connectivity index (χ3n) is 2.49. The SMILES string of the molecule is CCCOCC(=O)NC1CCC(=O)CC1. The van der Waals surface area contributed by atoms with E-state index in [4.69, 9.17) is 4.74 Å². The highest BCUT2D eigenvalue weighted by atomic mass is 16.5. The average Bonchev–Trinajstić information content (AvgIpc) is 2.22. The van der Waals surface area contributed by atoms with E-state index in [1.54, 1.807) is 0 Å². The van der Waals surface area contributed by atoms with Crippen LogP contribution in [0.2, 0.25) is 0 Å². The number of nitrogens with one attached hydrogen (secondary N) is 1. The number of carbonyl (C=O) groups is 2. The Hall–Kier alpha value is -0.900. The predicted octanol–water partition coefficient (Wildman–Crippen LogP) is 1.04. The van der Waals surface area contributed by atoms with Gasteiger partial charge in [-0.3, -0.25) is 9.59 Å². The average molecular weight is 213 g/mol. The molecule has 0 heterocycles. The molecule has 1 amide bonds. The molecule has 0 aromatic heterocycles. The second kappa shape index (κ2) is 6.56. The summed E-state index contributed by atoms with van der Waals surface area (Å²) < 4.78 is 5.13. The summed E-state index contributed by atoms with van der Waals surface area (Å²) in [5.74, 6) is 0.241. The first kappa shape index (κ1) is 12.2. The molecule has 1 N–H and O–H groups in total. The Kier molecular flexibility index (Phi) is 5.32. The Bertz CT molecular complexity index is 218. The zero-order valence-corrected chi connectivity index (χ0v) is 9.25. The van der Waals surface area contributed by atoms with Gasteiger partial charge < -0.3 is 10.1 Å². The normalized spacial score (nSPS) is 17.8. The molecular formula is C11H19NO3. The monoisotopic (exact) mass is 213 g/mol. The molecule has 1 rings (SSSR count). The van der Waals surface area contributed by atoms with E-state index in [0.717, 1.165) is 19.3 Å². The van der Waals surface area contributed by atoms with Crippen molar-refractivity contribution in [2.75, 3.05) is 13.2 Å². The van der Waals surface area contributed by atoms with Crippen LogP contribution in [0, 0.1) is 0 Å². The molecule has 0 aromatic rings. The van der Waals surface area contributed by atoms with Gasteiger partial charge in [0.2, 0.25) is 5.91 Å². The van der Waals surface area contributed by atoms with Gasteiger partial charge in [0.25, 0.3) is 0 Å². The second-order valence-corrected chi connectivity index (χ2v) is 3.93. The number of rotatable bonds is 5. The minimum absolute atomic E-state index is 0.0669. The predicted molar refractivity (Wildman–Crippen MR) is 56.5 cm³/mol. The first-order valence-corrected chi connectivity index (χ1v) is 5.61. The van der Waals surface area contributed by atoms with Crippen LogP contribution in [0.5, 0.6) is 0 Å². The summed E-state index contributed by atoms with van der Waals surface area (Å²) in [7, 11) is 0. The van der Waals surface area contributed by atoms with Crippen molar-refractivity contribution >= 4 is 11.7 Å². The third-order valence-corrected chi connectivity index (χ3v) is 2.49. The highest BCUT2D eigenvalue weighted by molar-refractivity contribution is 5.80. The number of carbonyl (C=O) groups excluding carboxylic acids is 2. The van der Waals surface area contributed by atoms with Crippen LogP contribution in [0.3, 0.4) is 0 Å². The number of hydrogen-bond acceptors (Lipinski definition) is 3. The molecule has 1 fully saturated rings. The molecule has 0 aromatic carbocycles. The molecule has 0 spiro atoms. The Balaban J connectivity index is 2.12. The van der Waals surface area contributed by atoms with Gasteiger partial charge >= 0.3 is 0 Å². The quantitative estimate of drug-likeness (QED) is 0.694. The molecule has 4 heteroatoms. The van der Waals surface area contributed by atoms with E-state index >= 15 is 0 Å². The van der Waals surface area contributed by atoms with E-state index in [-0.39, 0.29) is 18.6 Å². The topological polar surface area (TPSA) is 55.4 Å². The molecule has 1 saturated carbocycles. The van der Waals surface area contributed by atoms with E-state index in [0.29, 0.717) is 25.2 Å². The lowest BCUT2D eigenvalue weighted by Crippen LogP contribution is -2.39. The van der Waals surface area contributed by atoms with E-state index < -0.39 is 0 Å². The van der Waals surface area contributed by atoms with Crippen LogP contribution in [0.25, 0.3) is 0 Å². The number of ether oxygens (including phenoxy) is 1. The summed E-state index contributed by atoms with van der Waals surface area (Å²) in [5, 5.41) is 2.88. The molecule has 15 heavy (non-hydrogen) atoms. The van der Waals surface area contributed by atoms with Crippen molar-refractivity contribution in [2.45, 2.75) is 45.1 Å². The van der Waals surface area contributed by atoms with E-state index in [2.05, 4.69) is 5.32 Å². The van der Waals surface area contributed by atoms with Crippen LogP contribution in [0.1, 0.15) is 39.0 Å². The summed E-state index contributed by atoms with van der Waals surface area (Å²) in [6.07, 6.45) is 3.67. The fourth-order valence-corrected chi connectivity index (χ4v) is 1.66. The molecule has 0 radical (unpaired) electrons. The van der Waals surface area contributed by atoms with Crippen molar-refractivity contribution < 1.29 is 14.3 Å². The van der Waals surface area contributed by atoms with Crippen LogP contribution in [-0.4, -0.2) is 30.9 Å². The van der Waals surface area contributed by atoms with Gasteiger partial charge in [-0.05, 0) is 19.3 Å². The number of amides is 1. The van der Waals surface area contributed by atoms with Crippen LogP contribution in [0.15, 0.2) is 0 Å². The van der Waals surface area contributed by atoms with Gasteiger partial charge in [0.05, 0.1) is 0 Å². The third kappa shape index (κ3) is 4.93. The van der Waals surface area contributed by atoms with Gasteiger partial charge in [0.15, 0.2) is 0 Å². The van der Waals surface area contributed by atoms with Crippen molar-refractivity contribution in [1.29, 1.82) is 0 Å². The lowest BCUT2D eigenvalue weighted by atomic mass is 9.94.